The lowest BCUT2D eigenvalue weighted by atomic mass is 10.2. The predicted molar refractivity (Wildman–Crippen MR) is 104 cm³/mol. The first-order valence-corrected chi connectivity index (χ1v) is 8.59. The molecule has 0 fully saturated rings. The van der Waals surface area contributed by atoms with E-state index in [1.807, 2.05) is 37.3 Å². The first kappa shape index (κ1) is 17.6. The van der Waals surface area contributed by atoms with E-state index in [0.29, 0.717) is 34.5 Å². The molecule has 8 nitrogen and oxygen atoms in total. The topological polar surface area (TPSA) is 94.6 Å². The molecule has 1 aliphatic rings. The van der Waals surface area contributed by atoms with Crippen molar-refractivity contribution in [2.75, 3.05) is 24.5 Å². The van der Waals surface area contributed by atoms with Crippen LogP contribution in [-0.4, -0.2) is 29.8 Å². The van der Waals surface area contributed by atoms with Gasteiger partial charge in [0.2, 0.25) is 12.7 Å². The van der Waals surface area contributed by atoms with Crippen LogP contribution in [0.1, 0.15) is 16.1 Å². The molecule has 1 aliphatic heterocycles. The number of carbonyl (C=O) groups is 1. The second kappa shape index (κ2) is 7.43. The number of nitrogens with zero attached hydrogens (tertiary/aromatic N) is 2. The van der Waals surface area contributed by atoms with Gasteiger partial charge in [-0.15, -0.1) is 0 Å². The molecule has 28 heavy (non-hydrogen) atoms. The van der Waals surface area contributed by atoms with E-state index in [1.54, 1.807) is 18.2 Å². The zero-order valence-corrected chi connectivity index (χ0v) is 15.4. The molecule has 142 valence electrons. The fourth-order valence-corrected chi connectivity index (χ4v) is 2.81. The van der Waals surface area contributed by atoms with E-state index in [2.05, 4.69) is 20.6 Å². The maximum absolute atomic E-state index is 12.0. The summed E-state index contributed by atoms with van der Waals surface area (Å²) < 4.78 is 15.5. The largest absolute Gasteiger partial charge is 0.465 e. The van der Waals surface area contributed by atoms with E-state index in [4.69, 9.17) is 14.2 Å². The smallest absolute Gasteiger partial charge is 0.339 e. The van der Waals surface area contributed by atoms with Crippen molar-refractivity contribution < 1.29 is 19.0 Å². The average Bonchev–Trinajstić information content (AvgIpc) is 3.15. The number of rotatable bonds is 5. The van der Waals surface area contributed by atoms with Gasteiger partial charge in [0, 0.05) is 23.5 Å². The van der Waals surface area contributed by atoms with Gasteiger partial charge in [0.1, 0.15) is 5.82 Å². The minimum absolute atomic E-state index is 0.221. The van der Waals surface area contributed by atoms with Crippen molar-refractivity contribution in [2.45, 2.75) is 6.92 Å². The van der Waals surface area contributed by atoms with Crippen LogP contribution in [0.15, 0.2) is 48.5 Å². The van der Waals surface area contributed by atoms with Crippen LogP contribution in [-0.2, 0) is 4.74 Å². The molecule has 0 spiro atoms. The summed E-state index contributed by atoms with van der Waals surface area (Å²) >= 11 is 0. The molecule has 0 aliphatic carbocycles. The van der Waals surface area contributed by atoms with Gasteiger partial charge in [-0.2, -0.15) is 4.98 Å². The van der Waals surface area contributed by atoms with Gasteiger partial charge >= 0.3 is 5.97 Å². The van der Waals surface area contributed by atoms with E-state index >= 15 is 0 Å². The number of carbonyl (C=O) groups excluding carboxylic acids is 1. The van der Waals surface area contributed by atoms with Gasteiger partial charge in [0.25, 0.3) is 0 Å². The highest BCUT2D eigenvalue weighted by molar-refractivity contribution is 5.96. The van der Waals surface area contributed by atoms with Gasteiger partial charge < -0.3 is 24.8 Å². The summed E-state index contributed by atoms with van der Waals surface area (Å²) in [5.41, 5.74) is 2.54. The predicted octanol–water partition coefficient (Wildman–Crippen LogP) is 3.79. The number of aromatic nitrogens is 2. The minimum Gasteiger partial charge on any atom is -0.465 e. The van der Waals surface area contributed by atoms with Gasteiger partial charge in [-0.1, -0.05) is 12.1 Å². The van der Waals surface area contributed by atoms with Gasteiger partial charge in [0.15, 0.2) is 11.5 Å². The molecule has 2 N–H and O–H groups in total. The lowest BCUT2D eigenvalue weighted by molar-refractivity contribution is 0.0602. The average molecular weight is 378 g/mol. The Morgan fingerprint density at radius 3 is 2.71 bits per heavy atom. The molecule has 0 atom stereocenters. The molecule has 0 unspecified atom stereocenters. The third-order valence-corrected chi connectivity index (χ3v) is 4.08. The van der Waals surface area contributed by atoms with Gasteiger partial charge in [-0.25, -0.2) is 9.78 Å². The number of hydrogen-bond donors (Lipinski definition) is 2. The Morgan fingerprint density at radius 2 is 1.86 bits per heavy atom. The third kappa shape index (κ3) is 3.66. The number of fused-ring (bicyclic) bond motifs is 1. The Labute approximate surface area is 161 Å². The molecule has 2 aromatic carbocycles. The first-order chi connectivity index (χ1) is 13.6. The lowest BCUT2D eigenvalue weighted by Gasteiger charge is -2.12. The summed E-state index contributed by atoms with van der Waals surface area (Å²) in [5.74, 6) is 1.92. The molecule has 8 heteroatoms. The number of para-hydroxylation sites is 1. The molecule has 0 saturated heterocycles. The second-order valence-corrected chi connectivity index (χ2v) is 6.07. The summed E-state index contributed by atoms with van der Waals surface area (Å²) in [6.07, 6.45) is 0. The molecule has 2 heterocycles. The van der Waals surface area contributed by atoms with Crippen LogP contribution in [0.2, 0.25) is 0 Å². The maximum atomic E-state index is 12.0. The van der Waals surface area contributed by atoms with Crippen molar-refractivity contribution in [3.63, 3.8) is 0 Å². The monoisotopic (exact) mass is 378 g/mol. The number of nitrogens with one attached hydrogen (secondary N) is 2. The van der Waals surface area contributed by atoms with Gasteiger partial charge in [-0.05, 0) is 31.2 Å². The van der Waals surface area contributed by atoms with E-state index in [-0.39, 0.29) is 6.79 Å². The fraction of sp³-hybridized carbons (Fsp3) is 0.150. The molecule has 1 aromatic heterocycles. The molecule has 0 saturated carbocycles. The van der Waals surface area contributed by atoms with E-state index in [0.717, 1.165) is 11.4 Å². The van der Waals surface area contributed by atoms with Crippen molar-refractivity contribution in [1.82, 2.24) is 9.97 Å². The minimum atomic E-state index is -0.436. The van der Waals surface area contributed by atoms with Crippen molar-refractivity contribution >= 4 is 29.1 Å². The normalized spacial score (nSPS) is 11.8. The molecular formula is C20H18N4O4. The number of ether oxygens (including phenoxy) is 3. The van der Waals surface area contributed by atoms with Crippen molar-refractivity contribution in [1.29, 1.82) is 0 Å². The van der Waals surface area contributed by atoms with Crippen LogP contribution in [0.5, 0.6) is 11.5 Å². The van der Waals surface area contributed by atoms with Crippen molar-refractivity contribution in [3.8, 4) is 11.5 Å². The maximum Gasteiger partial charge on any atom is 0.339 e. The number of anilines is 4. The van der Waals surface area contributed by atoms with Crippen molar-refractivity contribution in [2.24, 2.45) is 0 Å². The molecular weight excluding hydrogens is 360 g/mol. The summed E-state index contributed by atoms with van der Waals surface area (Å²) in [7, 11) is 1.34. The fourth-order valence-electron chi connectivity index (χ4n) is 2.81. The number of methoxy groups -OCH3 is 1. The first-order valence-electron chi connectivity index (χ1n) is 8.59. The quantitative estimate of drug-likeness (QED) is 0.648. The summed E-state index contributed by atoms with van der Waals surface area (Å²) in [6.45, 7) is 2.09. The molecule has 0 bridgehead atoms. The standard InChI is InChI=1S/C20H18N4O4/c1-12-9-18(22-13-7-8-16-17(10-13)28-11-27-16)24-20(21-12)23-15-6-4-3-5-14(15)19(25)26-2/h3-10H,11H2,1-2H3,(H2,21,22,23,24). The van der Waals surface area contributed by atoms with Crippen LogP contribution in [0.25, 0.3) is 0 Å². The molecule has 0 radical (unpaired) electrons. The van der Waals surface area contributed by atoms with Gasteiger partial charge in [-0.3, -0.25) is 0 Å². The van der Waals surface area contributed by atoms with Crippen LogP contribution < -0.4 is 20.1 Å². The van der Waals surface area contributed by atoms with Crippen LogP contribution in [0.4, 0.5) is 23.1 Å². The zero-order chi connectivity index (χ0) is 19.5. The lowest BCUT2D eigenvalue weighted by Crippen LogP contribution is -2.08. The Kier molecular flexibility index (Phi) is 4.67. The number of hydrogen-bond acceptors (Lipinski definition) is 8. The molecule has 4 rings (SSSR count). The Bertz CT molecular complexity index is 1040. The van der Waals surface area contributed by atoms with Crippen LogP contribution in [0.3, 0.4) is 0 Å². The number of esters is 1. The Hall–Kier alpha value is -3.81. The summed E-state index contributed by atoms with van der Waals surface area (Å²) in [5, 5.41) is 6.32. The van der Waals surface area contributed by atoms with Crippen LogP contribution >= 0.6 is 0 Å². The van der Waals surface area contributed by atoms with Crippen LogP contribution in [0, 0.1) is 6.92 Å². The van der Waals surface area contributed by atoms with E-state index in [1.165, 1.54) is 7.11 Å². The Morgan fingerprint density at radius 1 is 1.04 bits per heavy atom. The van der Waals surface area contributed by atoms with E-state index in [9.17, 15) is 4.79 Å². The number of benzene rings is 2. The Balaban J connectivity index is 1.59. The number of aryl methyl sites for hydroxylation is 1. The second-order valence-electron chi connectivity index (χ2n) is 6.07. The van der Waals surface area contributed by atoms with E-state index < -0.39 is 5.97 Å². The molecule has 0 amide bonds. The van der Waals surface area contributed by atoms with Crippen molar-refractivity contribution in [3.05, 3.63) is 59.8 Å². The highest BCUT2D eigenvalue weighted by atomic mass is 16.7. The SMILES string of the molecule is COC(=O)c1ccccc1Nc1nc(C)cc(Nc2ccc3c(c2)OCO3)n1. The summed E-state index contributed by atoms with van der Waals surface area (Å²) in [6, 6.07) is 14.4. The summed E-state index contributed by atoms with van der Waals surface area (Å²) in [4.78, 5) is 20.8. The third-order valence-electron chi connectivity index (χ3n) is 4.08. The highest BCUT2D eigenvalue weighted by Gasteiger charge is 2.15. The highest BCUT2D eigenvalue weighted by Crippen LogP contribution is 2.35. The zero-order valence-electron chi connectivity index (χ0n) is 15.4. The molecule has 3 aromatic rings. The van der Waals surface area contributed by atoms with Gasteiger partial charge in [0.05, 0.1) is 18.4 Å².